The highest BCUT2D eigenvalue weighted by atomic mass is 15.1. The second kappa shape index (κ2) is 13.0. The van der Waals surface area contributed by atoms with Crippen molar-refractivity contribution in [1.29, 1.82) is 0 Å². The van der Waals surface area contributed by atoms with Crippen molar-refractivity contribution in [2.75, 3.05) is 4.90 Å². The highest BCUT2D eigenvalue weighted by Crippen LogP contribution is 2.44. The summed E-state index contributed by atoms with van der Waals surface area (Å²) < 4.78 is 2.45. The average Bonchev–Trinajstić information content (AvgIpc) is 3.53. The summed E-state index contributed by atoms with van der Waals surface area (Å²) in [4.78, 5) is 2.41. The van der Waals surface area contributed by atoms with Gasteiger partial charge in [0.25, 0.3) is 0 Å². The highest BCUT2D eigenvalue weighted by Gasteiger charge is 2.21. The Bertz CT molecular complexity index is 2620. The van der Waals surface area contributed by atoms with E-state index in [1.54, 1.807) is 0 Å². The van der Waals surface area contributed by atoms with Gasteiger partial charge in [-0.2, -0.15) is 0 Å². The van der Waals surface area contributed by atoms with Crippen molar-refractivity contribution >= 4 is 38.9 Å². The maximum Gasteiger partial charge on any atom is 0.0562 e. The number of rotatable bonds is 7. The summed E-state index contributed by atoms with van der Waals surface area (Å²) in [5.74, 6) is 0. The third-order valence-corrected chi connectivity index (χ3v) is 9.89. The van der Waals surface area contributed by atoms with Gasteiger partial charge in [0.15, 0.2) is 0 Å². The van der Waals surface area contributed by atoms with E-state index in [-0.39, 0.29) is 0 Å². The second-order valence-corrected chi connectivity index (χ2v) is 13.1. The minimum Gasteiger partial charge on any atom is -0.310 e. The Kier molecular flexibility index (Phi) is 7.75. The molecule has 242 valence electrons. The average molecular weight is 653 g/mol. The van der Waals surface area contributed by atoms with Crippen LogP contribution in [0.4, 0.5) is 17.1 Å². The number of aryl methyl sites for hydroxylation is 1. The first-order valence-electron chi connectivity index (χ1n) is 17.5. The smallest absolute Gasteiger partial charge is 0.0562 e. The Morgan fingerprint density at radius 3 is 1.67 bits per heavy atom. The fourth-order valence-corrected chi connectivity index (χ4v) is 7.39. The molecule has 9 aromatic rings. The number of aromatic nitrogens is 1. The van der Waals surface area contributed by atoms with E-state index in [0.717, 1.165) is 28.3 Å². The van der Waals surface area contributed by atoms with Gasteiger partial charge in [-0.25, -0.2) is 0 Å². The molecule has 0 aliphatic carbocycles. The number of fused-ring (bicyclic) bond motifs is 3. The van der Waals surface area contributed by atoms with Crippen LogP contribution in [0.25, 0.3) is 60.9 Å². The molecule has 0 atom stereocenters. The predicted octanol–water partition coefficient (Wildman–Crippen LogP) is 13.6. The van der Waals surface area contributed by atoms with Crippen LogP contribution >= 0.6 is 0 Å². The normalized spacial score (nSPS) is 11.2. The third kappa shape index (κ3) is 5.57. The topological polar surface area (TPSA) is 8.17 Å². The summed E-state index contributed by atoms with van der Waals surface area (Å²) in [5, 5.41) is 2.46. The van der Waals surface area contributed by atoms with E-state index in [1.807, 2.05) is 0 Å². The molecule has 0 bridgehead atoms. The summed E-state index contributed by atoms with van der Waals surface area (Å²) in [6.07, 6.45) is 0. The van der Waals surface area contributed by atoms with E-state index in [0.29, 0.717) is 0 Å². The van der Waals surface area contributed by atoms with E-state index >= 15 is 0 Å². The third-order valence-electron chi connectivity index (χ3n) is 9.89. The molecular weight excluding hydrogens is 617 g/mol. The molecule has 0 unspecified atom stereocenters. The van der Waals surface area contributed by atoms with Crippen LogP contribution in [0.15, 0.2) is 200 Å². The minimum absolute atomic E-state index is 1.09. The lowest BCUT2D eigenvalue weighted by Gasteiger charge is -2.28. The van der Waals surface area contributed by atoms with Crippen LogP contribution in [0.2, 0.25) is 0 Å². The standard InChI is InChI=1S/C49H36N2/c1-35-24-26-39(27-25-35)43-19-9-12-22-47(43)51-48-23-13-10-20-44(48)45-33-32-41(34-49(45)51)50(40-30-28-37(29-31-40)36-14-4-2-5-15-36)46-21-11-8-18-42(46)38-16-6-3-7-17-38/h2-34H,1H3. The van der Waals surface area contributed by atoms with Gasteiger partial charge in [0, 0.05) is 33.3 Å². The van der Waals surface area contributed by atoms with Crippen LogP contribution in [-0.2, 0) is 0 Å². The molecule has 2 nitrogen and oxygen atoms in total. The van der Waals surface area contributed by atoms with Crippen LogP contribution in [-0.4, -0.2) is 4.57 Å². The number of nitrogens with zero attached hydrogens (tertiary/aromatic N) is 2. The lowest BCUT2D eigenvalue weighted by Crippen LogP contribution is -2.11. The Labute approximate surface area is 299 Å². The van der Waals surface area contributed by atoms with Crippen LogP contribution < -0.4 is 4.90 Å². The van der Waals surface area contributed by atoms with Crippen LogP contribution in [0.1, 0.15) is 5.56 Å². The number of hydrogen-bond donors (Lipinski definition) is 0. The molecule has 9 rings (SSSR count). The van der Waals surface area contributed by atoms with E-state index in [2.05, 4.69) is 217 Å². The van der Waals surface area contributed by atoms with Gasteiger partial charge in [-0.05, 0) is 71.6 Å². The van der Waals surface area contributed by atoms with Crippen LogP contribution in [0, 0.1) is 6.92 Å². The van der Waals surface area contributed by atoms with E-state index in [1.165, 1.54) is 55.2 Å². The zero-order chi connectivity index (χ0) is 34.1. The van der Waals surface area contributed by atoms with E-state index in [4.69, 9.17) is 0 Å². The van der Waals surface area contributed by atoms with Crippen LogP contribution in [0.5, 0.6) is 0 Å². The minimum atomic E-state index is 1.09. The summed E-state index contributed by atoms with van der Waals surface area (Å²) >= 11 is 0. The quantitative estimate of drug-likeness (QED) is 0.166. The number of para-hydroxylation sites is 3. The van der Waals surface area contributed by atoms with Gasteiger partial charge in [0.1, 0.15) is 0 Å². The number of benzene rings is 8. The van der Waals surface area contributed by atoms with Gasteiger partial charge in [0.05, 0.1) is 22.4 Å². The maximum atomic E-state index is 2.45. The lowest BCUT2D eigenvalue weighted by molar-refractivity contribution is 1.18. The summed E-state index contributed by atoms with van der Waals surface area (Å²) in [5.41, 5.74) is 15.2. The number of hydrogen-bond acceptors (Lipinski definition) is 1. The van der Waals surface area contributed by atoms with E-state index < -0.39 is 0 Å². The maximum absolute atomic E-state index is 2.45. The molecule has 0 saturated carbocycles. The molecule has 0 fully saturated rings. The monoisotopic (exact) mass is 652 g/mol. The molecule has 1 aromatic heterocycles. The molecule has 0 aliphatic heterocycles. The van der Waals surface area contributed by atoms with Gasteiger partial charge in [-0.1, -0.05) is 163 Å². The van der Waals surface area contributed by atoms with Gasteiger partial charge in [-0.15, -0.1) is 0 Å². The molecule has 51 heavy (non-hydrogen) atoms. The molecular formula is C49H36N2. The van der Waals surface area contributed by atoms with Gasteiger partial charge < -0.3 is 9.47 Å². The lowest BCUT2D eigenvalue weighted by atomic mass is 10.0. The molecule has 0 N–H and O–H groups in total. The molecule has 0 spiro atoms. The Balaban J connectivity index is 1.29. The fraction of sp³-hybridized carbons (Fsp3) is 0.0204. The summed E-state index contributed by atoms with van der Waals surface area (Å²) in [7, 11) is 0. The summed E-state index contributed by atoms with van der Waals surface area (Å²) in [6.45, 7) is 2.14. The highest BCUT2D eigenvalue weighted by molar-refractivity contribution is 6.11. The molecule has 0 radical (unpaired) electrons. The Morgan fingerprint density at radius 1 is 0.373 bits per heavy atom. The summed E-state index contributed by atoms with van der Waals surface area (Å²) in [6, 6.07) is 72.3. The second-order valence-electron chi connectivity index (χ2n) is 13.1. The van der Waals surface area contributed by atoms with Crippen molar-refractivity contribution in [3.63, 3.8) is 0 Å². The predicted molar refractivity (Wildman–Crippen MR) is 217 cm³/mol. The molecule has 8 aromatic carbocycles. The van der Waals surface area contributed by atoms with Crippen molar-refractivity contribution in [3.05, 3.63) is 206 Å². The van der Waals surface area contributed by atoms with Crippen molar-refractivity contribution in [2.45, 2.75) is 6.92 Å². The fourth-order valence-electron chi connectivity index (χ4n) is 7.39. The van der Waals surface area contributed by atoms with E-state index in [9.17, 15) is 0 Å². The molecule has 0 saturated heterocycles. The molecule has 0 amide bonds. The Morgan fingerprint density at radius 2 is 0.902 bits per heavy atom. The largest absolute Gasteiger partial charge is 0.310 e. The van der Waals surface area contributed by atoms with Crippen molar-refractivity contribution < 1.29 is 0 Å². The first kappa shape index (κ1) is 30.4. The Hall–Kier alpha value is -6.64. The first-order chi connectivity index (χ1) is 25.2. The van der Waals surface area contributed by atoms with Gasteiger partial charge in [-0.3, -0.25) is 0 Å². The zero-order valence-electron chi connectivity index (χ0n) is 28.4. The number of anilines is 3. The van der Waals surface area contributed by atoms with Crippen LogP contribution in [0.3, 0.4) is 0 Å². The van der Waals surface area contributed by atoms with Gasteiger partial charge in [0.2, 0.25) is 0 Å². The van der Waals surface area contributed by atoms with Crippen molar-refractivity contribution in [3.8, 4) is 39.1 Å². The molecule has 1 heterocycles. The van der Waals surface area contributed by atoms with Crippen molar-refractivity contribution in [1.82, 2.24) is 4.57 Å². The van der Waals surface area contributed by atoms with Crippen molar-refractivity contribution in [2.24, 2.45) is 0 Å². The zero-order valence-corrected chi connectivity index (χ0v) is 28.4. The SMILES string of the molecule is Cc1ccc(-c2ccccc2-n2c3ccccc3c3ccc(N(c4ccc(-c5ccccc5)cc4)c4ccccc4-c4ccccc4)cc32)cc1. The first-order valence-corrected chi connectivity index (χ1v) is 17.5. The van der Waals surface area contributed by atoms with Gasteiger partial charge >= 0.3 is 0 Å². The molecule has 0 aliphatic rings. The molecule has 2 heteroatoms.